The highest BCUT2D eigenvalue weighted by molar-refractivity contribution is 6.31. The van der Waals surface area contributed by atoms with E-state index in [1.54, 1.807) is 18.2 Å². The van der Waals surface area contributed by atoms with Gasteiger partial charge in [0.05, 0.1) is 17.2 Å². The third kappa shape index (κ3) is 4.59. The lowest BCUT2D eigenvalue weighted by Crippen LogP contribution is -2.28. The van der Waals surface area contributed by atoms with Gasteiger partial charge in [0.15, 0.2) is 0 Å². The number of carbonyl (C=O) groups is 2. The van der Waals surface area contributed by atoms with Crippen molar-refractivity contribution in [2.75, 3.05) is 25.0 Å². The second-order valence-electron chi connectivity index (χ2n) is 4.73. The summed E-state index contributed by atoms with van der Waals surface area (Å²) in [5, 5.41) is 9.14. The first-order chi connectivity index (χ1) is 9.61. The minimum absolute atomic E-state index is 0. The van der Waals surface area contributed by atoms with E-state index >= 15 is 0 Å². The first-order valence-electron chi connectivity index (χ1n) is 6.71. The van der Waals surface area contributed by atoms with E-state index in [2.05, 4.69) is 16.0 Å². The van der Waals surface area contributed by atoms with Crippen LogP contribution in [0.5, 0.6) is 0 Å². The molecule has 0 bridgehead atoms. The number of hydrogen-bond donors (Lipinski definition) is 3. The van der Waals surface area contributed by atoms with E-state index in [-0.39, 0.29) is 30.1 Å². The maximum Gasteiger partial charge on any atom is 0.253 e. The van der Waals surface area contributed by atoms with Gasteiger partial charge in [0, 0.05) is 18.1 Å². The molecule has 1 saturated heterocycles. The van der Waals surface area contributed by atoms with Crippen LogP contribution in [-0.4, -0.2) is 31.4 Å². The van der Waals surface area contributed by atoms with E-state index in [4.69, 9.17) is 11.6 Å². The molecule has 0 aliphatic carbocycles. The van der Waals surface area contributed by atoms with Crippen LogP contribution in [0.4, 0.5) is 5.69 Å². The molecule has 21 heavy (non-hydrogen) atoms. The van der Waals surface area contributed by atoms with Crippen LogP contribution >= 0.6 is 24.0 Å². The second-order valence-corrected chi connectivity index (χ2v) is 5.16. The lowest BCUT2D eigenvalue weighted by molar-refractivity contribution is -0.119. The van der Waals surface area contributed by atoms with Crippen molar-refractivity contribution in [3.05, 3.63) is 28.8 Å². The fourth-order valence-corrected chi connectivity index (χ4v) is 2.35. The van der Waals surface area contributed by atoms with Gasteiger partial charge in [-0.3, -0.25) is 9.59 Å². The highest BCUT2D eigenvalue weighted by Crippen LogP contribution is 2.22. The zero-order valence-corrected chi connectivity index (χ0v) is 13.3. The molecule has 0 saturated carbocycles. The Morgan fingerprint density at radius 3 is 2.81 bits per heavy atom. The summed E-state index contributed by atoms with van der Waals surface area (Å²) in [6.45, 7) is 3.88. The van der Waals surface area contributed by atoms with Crippen molar-refractivity contribution in [2.24, 2.45) is 5.92 Å². The molecule has 0 radical (unpaired) electrons. The molecule has 116 valence electrons. The third-order valence-electron chi connectivity index (χ3n) is 3.25. The second kappa shape index (κ2) is 8.22. The molecule has 0 spiro atoms. The summed E-state index contributed by atoms with van der Waals surface area (Å²) in [6.07, 6.45) is 0.815. The van der Waals surface area contributed by atoms with Crippen LogP contribution in [0.1, 0.15) is 23.7 Å². The normalized spacial score (nSPS) is 17.0. The quantitative estimate of drug-likeness (QED) is 0.790. The average molecular weight is 332 g/mol. The van der Waals surface area contributed by atoms with Crippen molar-refractivity contribution >= 4 is 41.5 Å². The van der Waals surface area contributed by atoms with Gasteiger partial charge in [-0.15, -0.1) is 12.4 Å². The Morgan fingerprint density at radius 1 is 1.43 bits per heavy atom. The summed E-state index contributed by atoms with van der Waals surface area (Å²) in [4.78, 5) is 24.1. The molecule has 1 atom stereocenters. The number of nitrogens with one attached hydrogen (secondary N) is 3. The Kier molecular flexibility index (Phi) is 6.95. The van der Waals surface area contributed by atoms with Gasteiger partial charge in [0.1, 0.15) is 0 Å². The van der Waals surface area contributed by atoms with Crippen molar-refractivity contribution in [2.45, 2.75) is 13.3 Å². The number of rotatable bonds is 4. The molecular weight excluding hydrogens is 313 g/mol. The largest absolute Gasteiger partial charge is 0.352 e. The van der Waals surface area contributed by atoms with E-state index in [0.29, 0.717) is 29.4 Å². The molecule has 1 aromatic carbocycles. The van der Waals surface area contributed by atoms with Crippen molar-refractivity contribution < 1.29 is 9.59 Å². The van der Waals surface area contributed by atoms with E-state index in [1.165, 1.54) is 0 Å². The van der Waals surface area contributed by atoms with Gasteiger partial charge < -0.3 is 16.0 Å². The fraction of sp³-hybridized carbons (Fsp3) is 0.429. The van der Waals surface area contributed by atoms with Gasteiger partial charge in [-0.1, -0.05) is 11.6 Å². The van der Waals surface area contributed by atoms with E-state index in [0.717, 1.165) is 13.0 Å². The van der Waals surface area contributed by atoms with Crippen LogP contribution in [0.25, 0.3) is 0 Å². The summed E-state index contributed by atoms with van der Waals surface area (Å²) in [5.74, 6) is -0.356. The predicted molar refractivity (Wildman–Crippen MR) is 86.3 cm³/mol. The summed E-state index contributed by atoms with van der Waals surface area (Å²) < 4.78 is 0. The molecule has 2 rings (SSSR count). The number of carbonyl (C=O) groups excluding carboxylic acids is 2. The summed E-state index contributed by atoms with van der Waals surface area (Å²) in [7, 11) is 0. The molecule has 1 aliphatic heterocycles. The number of amides is 2. The van der Waals surface area contributed by atoms with Gasteiger partial charge in [-0.05, 0) is 38.1 Å². The monoisotopic (exact) mass is 331 g/mol. The average Bonchev–Trinajstić information content (AvgIpc) is 2.95. The molecular formula is C14H19Cl2N3O2. The van der Waals surface area contributed by atoms with Gasteiger partial charge in [-0.25, -0.2) is 0 Å². The summed E-state index contributed by atoms with van der Waals surface area (Å²) in [6, 6.07) is 4.88. The van der Waals surface area contributed by atoms with E-state index in [1.807, 2.05) is 6.92 Å². The molecule has 1 unspecified atom stereocenters. The molecule has 0 aromatic heterocycles. The lowest BCUT2D eigenvalue weighted by Gasteiger charge is -2.14. The number of benzene rings is 1. The first-order valence-corrected chi connectivity index (χ1v) is 7.09. The number of halogens is 2. The Morgan fingerprint density at radius 2 is 2.19 bits per heavy atom. The SMILES string of the molecule is CCNC(=O)c1cc(Cl)ccc1NC(=O)C1CCNC1.Cl. The van der Waals surface area contributed by atoms with Crippen molar-refractivity contribution in [3.8, 4) is 0 Å². The standard InChI is InChI=1S/C14H18ClN3O2.ClH/c1-2-17-14(20)11-7-10(15)3-4-12(11)18-13(19)9-5-6-16-8-9;/h3-4,7,9,16H,2,5-6,8H2,1H3,(H,17,20)(H,18,19);1H. The molecule has 7 heteroatoms. The lowest BCUT2D eigenvalue weighted by atomic mass is 10.1. The summed E-state index contributed by atoms with van der Waals surface area (Å²) in [5.41, 5.74) is 0.885. The predicted octanol–water partition coefficient (Wildman–Crippen LogP) is 2.06. The molecule has 2 amide bonds. The maximum atomic E-state index is 12.1. The van der Waals surface area contributed by atoms with Crippen LogP contribution in [-0.2, 0) is 4.79 Å². The minimum atomic E-state index is -0.241. The van der Waals surface area contributed by atoms with Crippen LogP contribution in [0.15, 0.2) is 18.2 Å². The van der Waals surface area contributed by atoms with Crippen LogP contribution < -0.4 is 16.0 Å². The molecule has 1 fully saturated rings. The third-order valence-corrected chi connectivity index (χ3v) is 3.49. The van der Waals surface area contributed by atoms with Gasteiger partial charge in [0.2, 0.25) is 5.91 Å². The number of anilines is 1. The Labute approximate surface area is 135 Å². The van der Waals surface area contributed by atoms with Crippen LogP contribution in [0.2, 0.25) is 5.02 Å². The molecule has 3 N–H and O–H groups in total. The van der Waals surface area contributed by atoms with Crippen LogP contribution in [0.3, 0.4) is 0 Å². The van der Waals surface area contributed by atoms with Crippen molar-refractivity contribution in [1.82, 2.24) is 10.6 Å². The molecule has 5 nitrogen and oxygen atoms in total. The molecule has 1 heterocycles. The van der Waals surface area contributed by atoms with Gasteiger partial charge >= 0.3 is 0 Å². The zero-order chi connectivity index (χ0) is 14.5. The highest BCUT2D eigenvalue weighted by atomic mass is 35.5. The Bertz CT molecular complexity index is 517. The fourth-order valence-electron chi connectivity index (χ4n) is 2.18. The van der Waals surface area contributed by atoms with Gasteiger partial charge in [0.25, 0.3) is 5.91 Å². The van der Waals surface area contributed by atoms with Crippen molar-refractivity contribution in [1.29, 1.82) is 0 Å². The Hall–Kier alpha value is -1.30. The summed E-state index contributed by atoms with van der Waals surface area (Å²) >= 11 is 5.92. The maximum absolute atomic E-state index is 12.1. The molecule has 1 aromatic rings. The minimum Gasteiger partial charge on any atom is -0.352 e. The topological polar surface area (TPSA) is 70.2 Å². The van der Waals surface area contributed by atoms with Gasteiger partial charge in [-0.2, -0.15) is 0 Å². The van der Waals surface area contributed by atoms with E-state index < -0.39 is 0 Å². The smallest absolute Gasteiger partial charge is 0.253 e. The van der Waals surface area contributed by atoms with Crippen LogP contribution in [0, 0.1) is 5.92 Å². The Balaban J connectivity index is 0.00000220. The zero-order valence-electron chi connectivity index (χ0n) is 11.7. The molecule has 1 aliphatic rings. The van der Waals surface area contributed by atoms with Crippen molar-refractivity contribution in [3.63, 3.8) is 0 Å². The number of hydrogen-bond acceptors (Lipinski definition) is 3. The van der Waals surface area contributed by atoms with E-state index in [9.17, 15) is 9.59 Å². The highest BCUT2D eigenvalue weighted by Gasteiger charge is 2.23. The first kappa shape index (κ1) is 17.8.